The first-order valence-electron chi connectivity index (χ1n) is 5.12. The standard InChI is InChI=1S/C10H10BrFN2O3S/c11-7-4-8(12)9(18(13,16)17)3-6(7)10(15)14-5-1-2-5/h3-5H,1-2H2,(H,14,15)(H2,13,16,17). The van der Waals surface area contributed by atoms with Gasteiger partial charge in [0.25, 0.3) is 5.91 Å². The first-order valence-corrected chi connectivity index (χ1v) is 7.45. The Kier molecular flexibility index (Phi) is 3.43. The molecule has 1 aromatic carbocycles. The molecular formula is C10H10BrFN2O3S. The molecule has 0 heterocycles. The third-order valence-corrected chi connectivity index (χ3v) is 4.07. The summed E-state index contributed by atoms with van der Waals surface area (Å²) in [6.07, 6.45) is 1.79. The quantitative estimate of drug-likeness (QED) is 0.866. The summed E-state index contributed by atoms with van der Waals surface area (Å²) in [5.41, 5.74) is 0.0484. The number of rotatable bonds is 3. The van der Waals surface area contributed by atoms with Gasteiger partial charge in [-0.05, 0) is 40.9 Å². The molecule has 1 aromatic rings. The van der Waals surface area contributed by atoms with E-state index in [1.807, 2.05) is 0 Å². The highest BCUT2D eigenvalue weighted by Crippen LogP contribution is 2.25. The summed E-state index contributed by atoms with van der Waals surface area (Å²) >= 11 is 3.02. The molecule has 0 radical (unpaired) electrons. The zero-order valence-electron chi connectivity index (χ0n) is 9.11. The maximum atomic E-state index is 13.4. The maximum absolute atomic E-state index is 13.4. The van der Waals surface area contributed by atoms with Gasteiger partial charge in [-0.25, -0.2) is 17.9 Å². The lowest BCUT2D eigenvalue weighted by Crippen LogP contribution is -2.26. The van der Waals surface area contributed by atoms with Gasteiger partial charge in [-0.3, -0.25) is 4.79 Å². The molecule has 2 rings (SSSR count). The third kappa shape index (κ3) is 2.88. The van der Waals surface area contributed by atoms with E-state index in [9.17, 15) is 17.6 Å². The summed E-state index contributed by atoms with van der Waals surface area (Å²) < 4.78 is 36.0. The Balaban J connectivity index is 2.43. The van der Waals surface area contributed by atoms with Crippen LogP contribution in [0.15, 0.2) is 21.5 Å². The lowest BCUT2D eigenvalue weighted by molar-refractivity contribution is 0.0950. The second-order valence-electron chi connectivity index (χ2n) is 4.06. The minimum Gasteiger partial charge on any atom is -0.349 e. The molecule has 0 saturated heterocycles. The topological polar surface area (TPSA) is 89.3 Å². The van der Waals surface area contributed by atoms with Crippen LogP contribution in [0.25, 0.3) is 0 Å². The van der Waals surface area contributed by atoms with E-state index in [1.54, 1.807) is 0 Å². The average molecular weight is 337 g/mol. The molecule has 5 nitrogen and oxygen atoms in total. The molecule has 0 unspecified atom stereocenters. The van der Waals surface area contributed by atoms with Gasteiger partial charge in [-0.2, -0.15) is 0 Å². The molecule has 1 fully saturated rings. The van der Waals surface area contributed by atoms with Gasteiger partial charge in [0.2, 0.25) is 10.0 Å². The maximum Gasteiger partial charge on any atom is 0.252 e. The highest BCUT2D eigenvalue weighted by atomic mass is 79.9. The Hall–Kier alpha value is -0.990. The first-order chi connectivity index (χ1) is 8.29. The zero-order chi connectivity index (χ0) is 13.5. The molecule has 98 valence electrons. The number of benzene rings is 1. The number of halogens is 2. The SMILES string of the molecule is NS(=O)(=O)c1cc(C(=O)NC2CC2)c(Br)cc1F. The van der Waals surface area contributed by atoms with Crippen LogP contribution in [0.3, 0.4) is 0 Å². The lowest BCUT2D eigenvalue weighted by atomic mass is 10.2. The summed E-state index contributed by atoms with van der Waals surface area (Å²) in [4.78, 5) is 11.1. The van der Waals surface area contributed by atoms with Crippen molar-refractivity contribution >= 4 is 31.9 Å². The van der Waals surface area contributed by atoms with Crippen LogP contribution in [0.2, 0.25) is 0 Å². The zero-order valence-corrected chi connectivity index (χ0v) is 11.5. The van der Waals surface area contributed by atoms with Crippen molar-refractivity contribution < 1.29 is 17.6 Å². The minimum atomic E-state index is -4.19. The molecule has 0 bridgehead atoms. The van der Waals surface area contributed by atoms with Gasteiger partial charge in [0.15, 0.2) is 0 Å². The highest BCUT2D eigenvalue weighted by molar-refractivity contribution is 9.10. The van der Waals surface area contributed by atoms with Crippen LogP contribution in [-0.2, 0) is 10.0 Å². The van der Waals surface area contributed by atoms with Gasteiger partial charge < -0.3 is 5.32 Å². The van der Waals surface area contributed by atoms with Crippen molar-refractivity contribution in [2.24, 2.45) is 5.14 Å². The number of carbonyl (C=O) groups is 1. The van der Waals surface area contributed by atoms with Crippen LogP contribution in [0, 0.1) is 5.82 Å². The number of hydrogen-bond acceptors (Lipinski definition) is 3. The predicted octanol–water partition coefficient (Wildman–Crippen LogP) is 1.13. The van der Waals surface area contributed by atoms with Crippen molar-refractivity contribution in [1.29, 1.82) is 0 Å². The fourth-order valence-corrected chi connectivity index (χ4v) is 2.52. The van der Waals surface area contributed by atoms with Crippen LogP contribution in [0.1, 0.15) is 23.2 Å². The Labute approximate surface area is 112 Å². The van der Waals surface area contributed by atoms with Crippen LogP contribution >= 0.6 is 15.9 Å². The normalized spacial score (nSPS) is 15.5. The van der Waals surface area contributed by atoms with Gasteiger partial charge in [0.05, 0.1) is 5.56 Å². The first kappa shape index (κ1) is 13.4. The molecule has 1 saturated carbocycles. The molecule has 0 aliphatic heterocycles. The van der Waals surface area contributed by atoms with E-state index in [4.69, 9.17) is 5.14 Å². The number of carbonyl (C=O) groups excluding carboxylic acids is 1. The summed E-state index contributed by atoms with van der Waals surface area (Å²) in [5.74, 6) is -1.44. The van der Waals surface area contributed by atoms with E-state index in [2.05, 4.69) is 21.2 Å². The molecule has 1 aliphatic carbocycles. The van der Waals surface area contributed by atoms with Crippen LogP contribution < -0.4 is 10.5 Å². The monoisotopic (exact) mass is 336 g/mol. The van der Waals surface area contributed by atoms with Gasteiger partial charge in [0, 0.05) is 10.5 Å². The molecule has 1 aliphatic rings. The van der Waals surface area contributed by atoms with E-state index in [0.717, 1.165) is 25.0 Å². The Bertz CT molecular complexity index is 614. The molecule has 0 aromatic heterocycles. The number of nitrogens with one attached hydrogen (secondary N) is 1. The fourth-order valence-electron chi connectivity index (χ4n) is 1.41. The Morgan fingerprint density at radius 1 is 1.44 bits per heavy atom. The van der Waals surface area contributed by atoms with Crippen molar-refractivity contribution in [2.75, 3.05) is 0 Å². The summed E-state index contributed by atoms with van der Waals surface area (Å²) in [6, 6.07) is 1.97. The number of amides is 1. The van der Waals surface area contributed by atoms with E-state index in [1.165, 1.54) is 0 Å². The Morgan fingerprint density at radius 2 is 2.06 bits per heavy atom. The van der Waals surface area contributed by atoms with Crippen LogP contribution in [0.4, 0.5) is 4.39 Å². The summed E-state index contributed by atoms with van der Waals surface area (Å²) in [7, 11) is -4.19. The molecule has 3 N–H and O–H groups in total. The van der Waals surface area contributed by atoms with Crippen LogP contribution in [0.5, 0.6) is 0 Å². The third-order valence-electron chi connectivity index (χ3n) is 2.49. The minimum absolute atomic E-state index is 0.0484. The van der Waals surface area contributed by atoms with Crippen molar-refractivity contribution in [3.05, 3.63) is 28.0 Å². The summed E-state index contributed by atoms with van der Waals surface area (Å²) in [5, 5.41) is 7.56. The van der Waals surface area contributed by atoms with Gasteiger partial charge in [-0.1, -0.05) is 0 Å². The number of nitrogens with two attached hydrogens (primary N) is 1. The summed E-state index contributed by atoms with van der Waals surface area (Å²) in [6.45, 7) is 0. The fraction of sp³-hybridized carbons (Fsp3) is 0.300. The second kappa shape index (κ2) is 4.60. The smallest absolute Gasteiger partial charge is 0.252 e. The molecule has 8 heteroatoms. The van der Waals surface area contributed by atoms with E-state index < -0.39 is 26.6 Å². The number of primary sulfonamides is 1. The van der Waals surface area contributed by atoms with Crippen molar-refractivity contribution in [1.82, 2.24) is 5.32 Å². The average Bonchev–Trinajstić information content (AvgIpc) is 2.99. The Morgan fingerprint density at radius 3 is 2.56 bits per heavy atom. The number of hydrogen-bond donors (Lipinski definition) is 2. The largest absolute Gasteiger partial charge is 0.349 e. The van der Waals surface area contributed by atoms with Gasteiger partial charge in [-0.15, -0.1) is 0 Å². The van der Waals surface area contributed by atoms with Crippen molar-refractivity contribution in [3.8, 4) is 0 Å². The second-order valence-corrected chi connectivity index (χ2v) is 6.44. The van der Waals surface area contributed by atoms with E-state index >= 15 is 0 Å². The van der Waals surface area contributed by atoms with Crippen LogP contribution in [-0.4, -0.2) is 20.4 Å². The molecule has 0 spiro atoms. The number of sulfonamides is 1. The predicted molar refractivity (Wildman–Crippen MR) is 66.0 cm³/mol. The molecule has 18 heavy (non-hydrogen) atoms. The van der Waals surface area contributed by atoms with E-state index in [-0.39, 0.29) is 16.1 Å². The highest BCUT2D eigenvalue weighted by Gasteiger charge is 2.26. The van der Waals surface area contributed by atoms with Gasteiger partial charge >= 0.3 is 0 Å². The molecular weight excluding hydrogens is 327 g/mol. The molecule has 1 amide bonds. The van der Waals surface area contributed by atoms with Gasteiger partial charge in [0.1, 0.15) is 10.7 Å². The lowest BCUT2D eigenvalue weighted by Gasteiger charge is -2.08. The van der Waals surface area contributed by atoms with E-state index in [0.29, 0.717) is 0 Å². The van der Waals surface area contributed by atoms with Crippen molar-refractivity contribution in [2.45, 2.75) is 23.8 Å². The van der Waals surface area contributed by atoms with Crippen molar-refractivity contribution in [3.63, 3.8) is 0 Å². The molecule has 0 atom stereocenters.